The minimum absolute atomic E-state index is 0.0112. The molecule has 0 bridgehead atoms. The number of hydrogen-bond donors (Lipinski definition) is 3. The maximum Gasteiger partial charge on any atom is 0.234 e. The second-order valence-electron chi connectivity index (χ2n) is 5.22. The monoisotopic (exact) mass is 265 g/mol. The highest BCUT2D eigenvalue weighted by atomic mass is 16.4. The van der Waals surface area contributed by atoms with Gasteiger partial charge in [0, 0.05) is 19.4 Å². The van der Waals surface area contributed by atoms with Crippen LogP contribution in [-0.2, 0) is 18.4 Å². The van der Waals surface area contributed by atoms with Crippen molar-refractivity contribution in [1.82, 2.24) is 14.9 Å². The van der Waals surface area contributed by atoms with Crippen LogP contribution in [-0.4, -0.2) is 26.5 Å². The van der Waals surface area contributed by atoms with Crippen LogP contribution in [0.5, 0.6) is 0 Å². The average molecular weight is 265 g/mol. The van der Waals surface area contributed by atoms with Gasteiger partial charge in [0.15, 0.2) is 5.84 Å². The number of amides is 1. The quantitative estimate of drug-likeness (QED) is 0.313. The summed E-state index contributed by atoms with van der Waals surface area (Å²) in [5.74, 6) is 0.946. The zero-order valence-electron chi connectivity index (χ0n) is 11.1. The number of nitrogens with two attached hydrogens (primary N) is 1. The topological polar surface area (TPSA) is 106 Å². The number of aromatic nitrogens is 2. The van der Waals surface area contributed by atoms with E-state index in [9.17, 15) is 4.79 Å². The van der Waals surface area contributed by atoms with Crippen molar-refractivity contribution in [2.45, 2.75) is 26.3 Å². The first-order valence-electron chi connectivity index (χ1n) is 6.22. The average Bonchev–Trinajstić information content (AvgIpc) is 2.76. The molecule has 0 aliphatic heterocycles. The molecule has 0 unspecified atom stereocenters. The highest BCUT2D eigenvalue weighted by Crippen LogP contribution is 2.45. The molecule has 1 aliphatic rings. The summed E-state index contributed by atoms with van der Waals surface area (Å²) in [6.45, 7) is 2.37. The number of amidine groups is 1. The number of aryl methyl sites for hydroxylation is 1. The van der Waals surface area contributed by atoms with Crippen molar-refractivity contribution in [3.8, 4) is 0 Å². The summed E-state index contributed by atoms with van der Waals surface area (Å²) in [5, 5.41) is 14.7. The van der Waals surface area contributed by atoms with Gasteiger partial charge in [-0.2, -0.15) is 0 Å². The molecular formula is C12H19N5O2. The van der Waals surface area contributed by atoms with E-state index in [1.807, 2.05) is 24.7 Å². The minimum atomic E-state index is -0.862. The summed E-state index contributed by atoms with van der Waals surface area (Å²) in [7, 11) is 1.86. The molecule has 0 atom stereocenters. The van der Waals surface area contributed by atoms with E-state index in [2.05, 4.69) is 15.5 Å². The van der Waals surface area contributed by atoms with E-state index in [-0.39, 0.29) is 11.7 Å². The lowest BCUT2D eigenvalue weighted by Crippen LogP contribution is -2.56. The molecule has 2 rings (SSSR count). The number of carbonyl (C=O) groups excluding carboxylic acids is 1. The van der Waals surface area contributed by atoms with Crippen molar-refractivity contribution >= 4 is 11.7 Å². The minimum Gasteiger partial charge on any atom is -0.409 e. The summed E-state index contributed by atoms with van der Waals surface area (Å²) < 4.78 is 1.83. The Bertz CT molecular complexity index is 502. The van der Waals surface area contributed by atoms with Gasteiger partial charge in [0.25, 0.3) is 0 Å². The Balaban J connectivity index is 2.04. The Kier molecular flexibility index (Phi) is 3.46. The van der Waals surface area contributed by atoms with E-state index in [0.717, 1.165) is 5.82 Å². The zero-order chi connectivity index (χ0) is 14.0. The highest BCUT2D eigenvalue weighted by Gasteiger charge is 2.52. The maximum absolute atomic E-state index is 12.3. The number of rotatable bonds is 4. The Morgan fingerprint density at radius 2 is 2.42 bits per heavy atom. The standard InChI is InChI=1S/C12H19N5O2/c1-8-5-12(6-8,10(13)16-19)11(18)15-7-9-14-3-4-17(9)2/h3-4,8,19H,5-7H2,1-2H3,(H2,13,16)(H,15,18). The summed E-state index contributed by atoms with van der Waals surface area (Å²) in [5.41, 5.74) is 4.81. The molecule has 1 aromatic rings. The molecule has 1 fully saturated rings. The van der Waals surface area contributed by atoms with Crippen LogP contribution in [0.1, 0.15) is 25.6 Å². The Labute approximate surface area is 111 Å². The molecule has 0 spiro atoms. The van der Waals surface area contributed by atoms with E-state index in [1.54, 1.807) is 6.20 Å². The summed E-state index contributed by atoms with van der Waals surface area (Å²) in [4.78, 5) is 16.4. The second-order valence-corrected chi connectivity index (χ2v) is 5.22. The molecule has 4 N–H and O–H groups in total. The van der Waals surface area contributed by atoms with Gasteiger partial charge in [0.1, 0.15) is 11.2 Å². The Hall–Kier alpha value is -2.05. The summed E-state index contributed by atoms with van der Waals surface area (Å²) in [6.07, 6.45) is 4.70. The number of hydrogen-bond acceptors (Lipinski definition) is 4. The normalized spacial score (nSPS) is 26.8. The largest absolute Gasteiger partial charge is 0.409 e. The second kappa shape index (κ2) is 4.91. The number of oxime groups is 1. The molecule has 0 aromatic carbocycles. The van der Waals surface area contributed by atoms with Crippen LogP contribution >= 0.6 is 0 Å². The van der Waals surface area contributed by atoms with E-state index >= 15 is 0 Å². The molecule has 1 heterocycles. The smallest absolute Gasteiger partial charge is 0.234 e. The maximum atomic E-state index is 12.3. The fourth-order valence-electron chi connectivity index (χ4n) is 2.63. The number of nitrogens with one attached hydrogen (secondary N) is 1. The van der Waals surface area contributed by atoms with E-state index in [1.165, 1.54) is 0 Å². The predicted molar refractivity (Wildman–Crippen MR) is 69.3 cm³/mol. The SMILES string of the molecule is CC1CC(C(=O)NCc2nccn2C)(/C(N)=N/O)C1. The molecule has 1 aromatic heterocycles. The van der Waals surface area contributed by atoms with Gasteiger partial charge in [-0.3, -0.25) is 4.79 Å². The molecule has 1 amide bonds. The molecular weight excluding hydrogens is 246 g/mol. The first-order chi connectivity index (χ1) is 8.99. The van der Waals surface area contributed by atoms with Gasteiger partial charge in [0.2, 0.25) is 5.91 Å². The predicted octanol–water partition coefficient (Wildman–Crippen LogP) is 0.199. The Morgan fingerprint density at radius 1 is 1.74 bits per heavy atom. The third-order valence-corrected chi connectivity index (χ3v) is 3.75. The molecule has 1 saturated carbocycles. The van der Waals surface area contributed by atoms with Gasteiger partial charge in [-0.05, 0) is 18.8 Å². The molecule has 19 heavy (non-hydrogen) atoms. The van der Waals surface area contributed by atoms with Crippen molar-refractivity contribution in [3.05, 3.63) is 18.2 Å². The van der Waals surface area contributed by atoms with Crippen molar-refractivity contribution in [2.24, 2.45) is 29.3 Å². The fraction of sp³-hybridized carbons (Fsp3) is 0.583. The van der Waals surface area contributed by atoms with Crippen molar-refractivity contribution in [3.63, 3.8) is 0 Å². The van der Waals surface area contributed by atoms with Crippen molar-refractivity contribution in [2.75, 3.05) is 0 Å². The van der Waals surface area contributed by atoms with Gasteiger partial charge in [-0.1, -0.05) is 12.1 Å². The molecule has 7 nitrogen and oxygen atoms in total. The van der Waals surface area contributed by atoms with Gasteiger partial charge in [-0.15, -0.1) is 0 Å². The van der Waals surface area contributed by atoms with E-state index in [0.29, 0.717) is 25.3 Å². The van der Waals surface area contributed by atoms with Crippen molar-refractivity contribution < 1.29 is 10.0 Å². The van der Waals surface area contributed by atoms with Crippen molar-refractivity contribution in [1.29, 1.82) is 0 Å². The molecule has 7 heteroatoms. The third kappa shape index (κ3) is 2.27. The first-order valence-corrected chi connectivity index (χ1v) is 6.22. The third-order valence-electron chi connectivity index (χ3n) is 3.75. The van der Waals surface area contributed by atoms with Crippen LogP contribution in [0.4, 0.5) is 0 Å². The molecule has 104 valence electrons. The van der Waals surface area contributed by atoms with Crippen LogP contribution < -0.4 is 11.1 Å². The summed E-state index contributed by atoms with van der Waals surface area (Å²) in [6, 6.07) is 0. The number of imidazole rings is 1. The van der Waals surface area contributed by atoms with Gasteiger partial charge in [-0.25, -0.2) is 4.98 Å². The van der Waals surface area contributed by atoms with Gasteiger partial charge in [0.05, 0.1) is 6.54 Å². The van der Waals surface area contributed by atoms with Gasteiger partial charge >= 0.3 is 0 Å². The van der Waals surface area contributed by atoms with Crippen LogP contribution in [0.2, 0.25) is 0 Å². The zero-order valence-corrected chi connectivity index (χ0v) is 11.1. The van der Waals surface area contributed by atoms with Crippen LogP contribution in [0.15, 0.2) is 17.5 Å². The van der Waals surface area contributed by atoms with Crippen LogP contribution in [0.25, 0.3) is 0 Å². The number of nitrogens with zero attached hydrogens (tertiary/aromatic N) is 3. The molecule has 1 aliphatic carbocycles. The van der Waals surface area contributed by atoms with Gasteiger partial charge < -0.3 is 20.8 Å². The van der Waals surface area contributed by atoms with E-state index < -0.39 is 5.41 Å². The molecule has 0 radical (unpaired) electrons. The van der Waals surface area contributed by atoms with Crippen LogP contribution in [0, 0.1) is 11.3 Å². The lowest BCUT2D eigenvalue weighted by Gasteiger charge is -2.43. The Morgan fingerprint density at radius 3 is 2.89 bits per heavy atom. The van der Waals surface area contributed by atoms with E-state index in [4.69, 9.17) is 10.9 Å². The fourth-order valence-corrected chi connectivity index (χ4v) is 2.63. The number of carbonyl (C=O) groups is 1. The molecule has 0 saturated heterocycles. The first kappa shape index (κ1) is 13.4. The van der Waals surface area contributed by atoms with Crippen LogP contribution in [0.3, 0.4) is 0 Å². The highest BCUT2D eigenvalue weighted by molar-refractivity contribution is 6.07. The lowest BCUT2D eigenvalue weighted by molar-refractivity contribution is -0.133. The summed E-state index contributed by atoms with van der Waals surface area (Å²) >= 11 is 0. The lowest BCUT2D eigenvalue weighted by atomic mass is 9.61.